The Hall–Kier alpha value is -2.79. The average Bonchev–Trinajstić information content (AvgIpc) is 3.03. The van der Waals surface area contributed by atoms with Crippen LogP contribution in [0.25, 0.3) is 11.4 Å². The van der Waals surface area contributed by atoms with Crippen molar-refractivity contribution in [2.45, 2.75) is 18.9 Å². The molecule has 2 rings (SSSR count). The zero-order valence-corrected chi connectivity index (χ0v) is 14.1. The third-order valence-corrected chi connectivity index (χ3v) is 3.28. The smallest absolute Gasteiger partial charge is 0.331 e. The SMILES string of the molecule is CN(C)C(=O)N(Cc1ccc(-c2noc(C(F)(F)F)n2)cc1)CC(F)(F)F. The molecule has 0 radical (unpaired) electrons. The monoisotopic (exact) mass is 396 g/mol. The molecule has 27 heavy (non-hydrogen) atoms. The van der Waals surface area contributed by atoms with Crippen molar-refractivity contribution in [3.8, 4) is 11.4 Å². The Kier molecular flexibility index (Phi) is 5.66. The highest BCUT2D eigenvalue weighted by molar-refractivity contribution is 5.74. The molecule has 1 aromatic carbocycles. The molecular weight excluding hydrogens is 382 g/mol. The summed E-state index contributed by atoms with van der Waals surface area (Å²) in [7, 11) is 2.65. The summed E-state index contributed by atoms with van der Waals surface area (Å²) in [6.07, 6.45) is -9.36. The number of rotatable bonds is 4. The zero-order chi connectivity index (χ0) is 20.4. The van der Waals surface area contributed by atoms with Gasteiger partial charge in [-0.2, -0.15) is 31.3 Å². The van der Waals surface area contributed by atoms with Gasteiger partial charge < -0.3 is 14.3 Å². The van der Waals surface area contributed by atoms with Crippen LogP contribution in [-0.4, -0.2) is 52.8 Å². The predicted octanol–water partition coefficient (Wildman–Crippen LogP) is 3.80. The number of carbonyl (C=O) groups excluding carboxylic acids is 1. The molecule has 0 fully saturated rings. The van der Waals surface area contributed by atoms with E-state index in [0.29, 0.717) is 10.5 Å². The van der Waals surface area contributed by atoms with Gasteiger partial charge in [-0.1, -0.05) is 29.4 Å². The Bertz CT molecular complexity index is 783. The summed E-state index contributed by atoms with van der Waals surface area (Å²) in [5, 5.41) is 3.22. The highest BCUT2D eigenvalue weighted by atomic mass is 19.4. The first-order chi connectivity index (χ1) is 12.4. The van der Waals surface area contributed by atoms with Gasteiger partial charge in [0.05, 0.1) is 0 Å². The van der Waals surface area contributed by atoms with Gasteiger partial charge >= 0.3 is 24.3 Å². The molecule has 0 aliphatic carbocycles. The van der Waals surface area contributed by atoms with Crippen LogP contribution in [0.4, 0.5) is 31.1 Å². The molecule has 0 aliphatic heterocycles. The number of carbonyl (C=O) groups is 1. The third kappa shape index (κ3) is 5.59. The van der Waals surface area contributed by atoms with Crippen LogP contribution in [0.2, 0.25) is 0 Å². The van der Waals surface area contributed by atoms with E-state index in [1.54, 1.807) is 0 Å². The van der Waals surface area contributed by atoms with E-state index in [0.717, 1.165) is 4.90 Å². The lowest BCUT2D eigenvalue weighted by atomic mass is 10.1. The Morgan fingerprint density at radius 1 is 1.07 bits per heavy atom. The zero-order valence-electron chi connectivity index (χ0n) is 14.1. The van der Waals surface area contributed by atoms with Crippen molar-refractivity contribution in [2.75, 3.05) is 20.6 Å². The fourth-order valence-electron chi connectivity index (χ4n) is 2.13. The summed E-state index contributed by atoms with van der Waals surface area (Å²) < 4.78 is 79.6. The van der Waals surface area contributed by atoms with Crippen LogP contribution >= 0.6 is 0 Å². The van der Waals surface area contributed by atoms with Gasteiger partial charge in [-0.3, -0.25) is 0 Å². The van der Waals surface area contributed by atoms with Crippen molar-refractivity contribution >= 4 is 6.03 Å². The molecule has 2 amide bonds. The fraction of sp³-hybridized carbons (Fsp3) is 0.400. The second-order valence-electron chi connectivity index (χ2n) is 5.77. The molecule has 6 nitrogen and oxygen atoms in total. The summed E-state index contributed by atoms with van der Waals surface area (Å²) >= 11 is 0. The molecule has 0 bridgehead atoms. The number of hydrogen-bond donors (Lipinski definition) is 0. The topological polar surface area (TPSA) is 62.5 Å². The summed E-state index contributed by atoms with van der Waals surface area (Å²) in [6, 6.07) is 4.55. The molecule has 0 N–H and O–H groups in total. The Morgan fingerprint density at radius 3 is 2.11 bits per heavy atom. The van der Waals surface area contributed by atoms with Crippen LogP contribution in [0, 0.1) is 0 Å². The van der Waals surface area contributed by atoms with Crippen molar-refractivity contribution in [3.63, 3.8) is 0 Å². The maximum absolute atomic E-state index is 12.7. The van der Waals surface area contributed by atoms with Gasteiger partial charge in [0.25, 0.3) is 0 Å². The number of hydrogen-bond acceptors (Lipinski definition) is 4. The number of urea groups is 1. The Morgan fingerprint density at radius 2 is 1.67 bits per heavy atom. The van der Waals surface area contributed by atoms with Crippen molar-refractivity contribution in [2.24, 2.45) is 0 Å². The van der Waals surface area contributed by atoms with Crippen molar-refractivity contribution in [1.82, 2.24) is 19.9 Å². The quantitative estimate of drug-likeness (QED) is 0.738. The van der Waals surface area contributed by atoms with Crippen LogP contribution in [-0.2, 0) is 12.7 Å². The predicted molar refractivity (Wildman–Crippen MR) is 80.3 cm³/mol. The van der Waals surface area contributed by atoms with Crippen LogP contribution < -0.4 is 0 Å². The highest BCUT2D eigenvalue weighted by Crippen LogP contribution is 2.29. The normalized spacial score (nSPS) is 12.1. The van der Waals surface area contributed by atoms with Gasteiger partial charge in [0.1, 0.15) is 6.54 Å². The minimum absolute atomic E-state index is 0.180. The van der Waals surface area contributed by atoms with Crippen molar-refractivity contribution in [1.29, 1.82) is 0 Å². The Labute approximate surface area is 149 Å². The molecule has 2 aromatic rings. The number of amides is 2. The van der Waals surface area contributed by atoms with Gasteiger partial charge in [-0.15, -0.1) is 0 Å². The first-order valence-electron chi connectivity index (χ1n) is 7.40. The van der Waals surface area contributed by atoms with E-state index >= 15 is 0 Å². The van der Waals surface area contributed by atoms with Gasteiger partial charge in [-0.05, 0) is 5.56 Å². The van der Waals surface area contributed by atoms with Crippen LogP contribution in [0.5, 0.6) is 0 Å². The number of aromatic nitrogens is 2. The number of alkyl halides is 6. The van der Waals surface area contributed by atoms with Crippen molar-refractivity contribution in [3.05, 3.63) is 35.7 Å². The second-order valence-corrected chi connectivity index (χ2v) is 5.77. The number of halogens is 6. The van der Waals surface area contributed by atoms with E-state index in [4.69, 9.17) is 0 Å². The van der Waals surface area contributed by atoms with Crippen LogP contribution in [0.3, 0.4) is 0 Å². The van der Waals surface area contributed by atoms with Gasteiger partial charge in [0.2, 0.25) is 5.82 Å². The minimum atomic E-state index is -4.78. The van der Waals surface area contributed by atoms with E-state index < -0.39 is 30.8 Å². The average molecular weight is 396 g/mol. The maximum Gasteiger partial charge on any atom is 0.471 e. The maximum atomic E-state index is 12.7. The van der Waals surface area contributed by atoms with Gasteiger partial charge in [-0.25, -0.2) is 4.79 Å². The van der Waals surface area contributed by atoms with E-state index in [9.17, 15) is 31.1 Å². The fourth-order valence-corrected chi connectivity index (χ4v) is 2.13. The standard InChI is InChI=1S/C15H14F6N4O2/c1-24(2)13(26)25(8-14(16,17)18)7-9-3-5-10(6-4-9)11-22-12(27-23-11)15(19,20)21/h3-6H,7-8H2,1-2H3. The molecule has 1 heterocycles. The van der Waals surface area contributed by atoms with Crippen LogP contribution in [0.15, 0.2) is 28.8 Å². The van der Waals surface area contributed by atoms with E-state index in [-0.39, 0.29) is 17.9 Å². The molecule has 12 heteroatoms. The summed E-state index contributed by atoms with van der Waals surface area (Å²) in [5.41, 5.74) is 0.525. The first-order valence-corrected chi connectivity index (χ1v) is 7.40. The molecule has 0 atom stereocenters. The highest BCUT2D eigenvalue weighted by Gasteiger charge is 2.38. The number of nitrogens with zero attached hydrogens (tertiary/aromatic N) is 4. The molecule has 0 spiro atoms. The van der Waals surface area contributed by atoms with Crippen LogP contribution in [0.1, 0.15) is 11.5 Å². The van der Waals surface area contributed by atoms with E-state index in [2.05, 4.69) is 14.7 Å². The lowest BCUT2D eigenvalue weighted by Gasteiger charge is -2.27. The van der Waals surface area contributed by atoms with Gasteiger partial charge in [0, 0.05) is 26.2 Å². The van der Waals surface area contributed by atoms with Gasteiger partial charge in [0.15, 0.2) is 0 Å². The molecule has 1 aromatic heterocycles. The number of benzene rings is 1. The Balaban J connectivity index is 2.17. The molecule has 0 unspecified atom stereocenters. The largest absolute Gasteiger partial charge is 0.471 e. The molecule has 0 saturated carbocycles. The third-order valence-electron chi connectivity index (χ3n) is 3.28. The summed E-state index contributed by atoms with van der Waals surface area (Å²) in [6.45, 7) is -1.78. The summed E-state index contributed by atoms with van der Waals surface area (Å²) in [4.78, 5) is 16.8. The lowest BCUT2D eigenvalue weighted by molar-refractivity contribution is -0.159. The molecule has 148 valence electrons. The molecular formula is C15H14F6N4O2. The molecule has 0 saturated heterocycles. The van der Waals surface area contributed by atoms with E-state index in [1.165, 1.54) is 38.4 Å². The lowest BCUT2D eigenvalue weighted by Crippen LogP contribution is -2.43. The van der Waals surface area contributed by atoms with E-state index in [1.807, 2.05) is 0 Å². The molecule has 0 aliphatic rings. The summed E-state index contributed by atoms with van der Waals surface area (Å²) in [5.74, 6) is -1.82. The first kappa shape index (κ1) is 20.5. The second kappa shape index (κ2) is 7.45. The van der Waals surface area contributed by atoms with Crippen molar-refractivity contribution < 1.29 is 35.7 Å². The minimum Gasteiger partial charge on any atom is -0.331 e.